The van der Waals surface area contributed by atoms with Gasteiger partial charge in [-0.3, -0.25) is 9.59 Å². The van der Waals surface area contributed by atoms with Crippen LogP contribution in [-0.4, -0.2) is 34.1 Å². The highest BCUT2D eigenvalue weighted by molar-refractivity contribution is 9.11. The Kier molecular flexibility index (Phi) is 7.76. The maximum absolute atomic E-state index is 12.7. The Morgan fingerprint density at radius 1 is 1.22 bits per heavy atom. The molecule has 2 rings (SSSR count). The summed E-state index contributed by atoms with van der Waals surface area (Å²) in [6, 6.07) is 7.50. The Balaban J connectivity index is 2.23. The molecule has 0 bridgehead atoms. The van der Waals surface area contributed by atoms with Crippen molar-refractivity contribution in [3.8, 4) is 0 Å². The van der Waals surface area contributed by atoms with Crippen LogP contribution in [0.15, 0.2) is 50.3 Å². The molecule has 0 saturated carbocycles. The first kappa shape index (κ1) is 21.3. The van der Waals surface area contributed by atoms with E-state index in [0.717, 1.165) is 14.5 Å². The SMILES string of the molecule is NCCC[C@H](NC(=O)c1cccn(Cc2cc(Br)cc(Br)c2)c1=O)C(=O)O. The summed E-state index contributed by atoms with van der Waals surface area (Å²) in [7, 11) is 0. The van der Waals surface area contributed by atoms with E-state index in [1.165, 1.54) is 10.6 Å². The number of aliphatic carboxylic acids is 1. The number of benzene rings is 1. The van der Waals surface area contributed by atoms with Gasteiger partial charge in [-0.2, -0.15) is 0 Å². The second-order valence-electron chi connectivity index (χ2n) is 5.93. The maximum Gasteiger partial charge on any atom is 0.326 e. The summed E-state index contributed by atoms with van der Waals surface area (Å²) in [4.78, 5) is 36.4. The number of carbonyl (C=O) groups excluding carboxylic acids is 1. The zero-order valence-corrected chi connectivity index (χ0v) is 17.5. The minimum Gasteiger partial charge on any atom is -0.480 e. The van der Waals surface area contributed by atoms with Crippen LogP contribution in [0.5, 0.6) is 0 Å². The van der Waals surface area contributed by atoms with Crippen molar-refractivity contribution < 1.29 is 14.7 Å². The predicted octanol–water partition coefficient (Wildman–Crippen LogP) is 2.34. The van der Waals surface area contributed by atoms with Crippen molar-refractivity contribution >= 4 is 43.7 Å². The first-order valence-electron chi connectivity index (χ1n) is 8.20. The molecule has 1 aromatic heterocycles. The summed E-state index contributed by atoms with van der Waals surface area (Å²) in [5.41, 5.74) is 5.66. The summed E-state index contributed by atoms with van der Waals surface area (Å²) in [6.45, 7) is 0.591. The Hall–Kier alpha value is -1.97. The summed E-state index contributed by atoms with van der Waals surface area (Å²) in [5, 5.41) is 11.6. The van der Waals surface area contributed by atoms with E-state index in [1.54, 1.807) is 12.3 Å². The summed E-state index contributed by atoms with van der Waals surface area (Å²) in [5.74, 6) is -1.87. The van der Waals surface area contributed by atoms with Gasteiger partial charge < -0.3 is 20.7 Å². The molecule has 2 aromatic rings. The first-order valence-corrected chi connectivity index (χ1v) is 9.78. The van der Waals surface area contributed by atoms with Gasteiger partial charge in [-0.1, -0.05) is 31.9 Å². The average Bonchev–Trinajstić information content (AvgIpc) is 2.59. The third kappa shape index (κ3) is 6.02. The number of amides is 1. The molecule has 4 N–H and O–H groups in total. The van der Waals surface area contributed by atoms with E-state index in [2.05, 4.69) is 37.2 Å². The first-order chi connectivity index (χ1) is 12.8. The molecule has 7 nitrogen and oxygen atoms in total. The van der Waals surface area contributed by atoms with Crippen LogP contribution in [0.1, 0.15) is 28.8 Å². The van der Waals surface area contributed by atoms with Gasteiger partial charge in [0.05, 0.1) is 6.54 Å². The molecular formula is C18H19Br2N3O4. The molecule has 1 amide bonds. The number of carbonyl (C=O) groups is 2. The van der Waals surface area contributed by atoms with Crippen LogP contribution in [0, 0.1) is 0 Å². The molecule has 0 spiro atoms. The lowest BCUT2D eigenvalue weighted by Crippen LogP contribution is -2.43. The van der Waals surface area contributed by atoms with Crippen molar-refractivity contribution in [3.63, 3.8) is 0 Å². The smallest absolute Gasteiger partial charge is 0.326 e. The molecule has 0 saturated heterocycles. The van der Waals surface area contributed by atoms with Gasteiger partial charge in [-0.25, -0.2) is 4.79 Å². The fourth-order valence-corrected chi connectivity index (χ4v) is 3.94. The number of hydrogen-bond donors (Lipinski definition) is 3. The van der Waals surface area contributed by atoms with Gasteiger partial charge in [0.25, 0.3) is 11.5 Å². The van der Waals surface area contributed by atoms with Crippen molar-refractivity contribution in [3.05, 3.63) is 67.0 Å². The molecule has 1 heterocycles. The highest BCUT2D eigenvalue weighted by Crippen LogP contribution is 2.20. The number of nitrogens with one attached hydrogen (secondary N) is 1. The Bertz CT molecular complexity index is 878. The largest absolute Gasteiger partial charge is 0.480 e. The molecule has 1 aromatic carbocycles. The standard InChI is InChI=1S/C18H19Br2N3O4/c19-12-7-11(8-13(20)9-12)10-23-6-2-3-14(17(23)25)16(24)22-15(18(26)27)4-1-5-21/h2-3,6-9,15H,1,4-5,10,21H2,(H,22,24)(H,26,27)/t15-/m0/s1. The summed E-state index contributed by atoms with van der Waals surface area (Å²) < 4.78 is 3.12. The van der Waals surface area contributed by atoms with Crippen LogP contribution >= 0.6 is 31.9 Å². The number of nitrogens with zero attached hydrogens (tertiary/aromatic N) is 1. The lowest BCUT2D eigenvalue weighted by Gasteiger charge is -2.14. The second kappa shape index (κ2) is 9.82. The van der Waals surface area contributed by atoms with Gasteiger partial charge in [0.2, 0.25) is 0 Å². The van der Waals surface area contributed by atoms with E-state index in [0.29, 0.717) is 13.0 Å². The highest BCUT2D eigenvalue weighted by Gasteiger charge is 2.22. The topological polar surface area (TPSA) is 114 Å². The second-order valence-corrected chi connectivity index (χ2v) is 7.76. The van der Waals surface area contributed by atoms with Crippen LogP contribution in [0.25, 0.3) is 0 Å². The molecule has 9 heteroatoms. The number of pyridine rings is 1. The van der Waals surface area contributed by atoms with Gasteiger partial charge >= 0.3 is 5.97 Å². The third-order valence-electron chi connectivity index (χ3n) is 3.84. The number of aromatic nitrogens is 1. The summed E-state index contributed by atoms with van der Waals surface area (Å²) in [6.07, 6.45) is 2.23. The zero-order valence-electron chi connectivity index (χ0n) is 14.3. The van der Waals surface area contributed by atoms with E-state index in [9.17, 15) is 19.5 Å². The van der Waals surface area contributed by atoms with Gasteiger partial charge in [-0.15, -0.1) is 0 Å². The molecule has 144 valence electrons. The van der Waals surface area contributed by atoms with Crippen LogP contribution in [0.4, 0.5) is 0 Å². The van der Waals surface area contributed by atoms with Crippen LogP contribution in [0.2, 0.25) is 0 Å². The number of hydrogen-bond acceptors (Lipinski definition) is 4. The Morgan fingerprint density at radius 2 is 1.89 bits per heavy atom. The van der Waals surface area contributed by atoms with Gasteiger partial charge in [0, 0.05) is 15.1 Å². The van der Waals surface area contributed by atoms with Crippen molar-refractivity contribution in [2.24, 2.45) is 5.73 Å². The van der Waals surface area contributed by atoms with Crippen molar-refractivity contribution in [1.29, 1.82) is 0 Å². The average molecular weight is 501 g/mol. The molecule has 27 heavy (non-hydrogen) atoms. The fourth-order valence-electron chi connectivity index (χ4n) is 2.55. The third-order valence-corrected chi connectivity index (χ3v) is 4.76. The minimum atomic E-state index is -1.16. The molecule has 0 radical (unpaired) electrons. The van der Waals surface area contributed by atoms with Gasteiger partial charge in [0.1, 0.15) is 11.6 Å². The van der Waals surface area contributed by atoms with E-state index >= 15 is 0 Å². The molecule has 1 atom stereocenters. The van der Waals surface area contributed by atoms with Crippen LogP contribution in [0.3, 0.4) is 0 Å². The Labute approximate surface area is 172 Å². The molecule has 0 fully saturated rings. The van der Waals surface area contributed by atoms with Crippen molar-refractivity contribution in [2.75, 3.05) is 6.54 Å². The van der Waals surface area contributed by atoms with Crippen LogP contribution in [-0.2, 0) is 11.3 Å². The van der Waals surface area contributed by atoms with E-state index in [4.69, 9.17) is 5.73 Å². The number of carboxylic acid groups (broad SMARTS) is 1. The Morgan fingerprint density at radius 3 is 2.48 bits per heavy atom. The molecular weight excluding hydrogens is 482 g/mol. The minimum absolute atomic E-state index is 0.106. The predicted molar refractivity (Wildman–Crippen MR) is 109 cm³/mol. The number of nitrogens with two attached hydrogens (primary N) is 1. The molecule has 0 aliphatic carbocycles. The normalized spacial score (nSPS) is 11.8. The molecule has 0 aliphatic heterocycles. The zero-order chi connectivity index (χ0) is 20.0. The molecule has 0 unspecified atom stereocenters. The highest BCUT2D eigenvalue weighted by atomic mass is 79.9. The molecule has 0 aliphatic rings. The number of halogens is 2. The van der Waals surface area contributed by atoms with E-state index < -0.39 is 23.5 Å². The van der Waals surface area contributed by atoms with E-state index in [-0.39, 0.29) is 18.5 Å². The quantitative estimate of drug-likeness (QED) is 0.514. The van der Waals surface area contributed by atoms with Gasteiger partial charge in [-0.05, 0) is 55.3 Å². The lowest BCUT2D eigenvalue weighted by molar-refractivity contribution is -0.139. The fraction of sp³-hybridized carbons (Fsp3) is 0.278. The maximum atomic E-state index is 12.7. The van der Waals surface area contributed by atoms with E-state index in [1.807, 2.05) is 18.2 Å². The van der Waals surface area contributed by atoms with Crippen LogP contribution < -0.4 is 16.6 Å². The number of carboxylic acids is 1. The lowest BCUT2D eigenvalue weighted by atomic mass is 10.1. The van der Waals surface area contributed by atoms with Gasteiger partial charge in [0.15, 0.2) is 0 Å². The van der Waals surface area contributed by atoms with Crippen molar-refractivity contribution in [2.45, 2.75) is 25.4 Å². The number of rotatable bonds is 8. The van der Waals surface area contributed by atoms with Crippen molar-refractivity contribution in [1.82, 2.24) is 9.88 Å². The monoisotopic (exact) mass is 499 g/mol. The summed E-state index contributed by atoms with van der Waals surface area (Å²) >= 11 is 6.80.